The lowest BCUT2D eigenvalue weighted by molar-refractivity contribution is -0.141. The predicted molar refractivity (Wildman–Crippen MR) is 111 cm³/mol. The van der Waals surface area contributed by atoms with Crippen LogP contribution in [0.2, 0.25) is 0 Å². The third-order valence-corrected chi connectivity index (χ3v) is 5.83. The second-order valence-electron chi connectivity index (χ2n) is 7.63. The monoisotopic (exact) mass is 391 g/mol. The van der Waals surface area contributed by atoms with E-state index in [-0.39, 0.29) is 5.91 Å². The zero-order valence-electron chi connectivity index (χ0n) is 16.5. The molecule has 1 spiro atoms. The number of carbonyl (C=O) groups excluding carboxylic acids is 2. The summed E-state index contributed by atoms with van der Waals surface area (Å²) in [5.74, 6) is -0.201. The maximum Gasteiger partial charge on any atom is 0.275 e. The molecule has 1 atom stereocenters. The van der Waals surface area contributed by atoms with Gasteiger partial charge in [0.2, 0.25) is 5.91 Å². The van der Waals surface area contributed by atoms with Crippen molar-refractivity contribution in [3.63, 3.8) is 0 Å². The molecule has 0 saturated heterocycles. The highest BCUT2D eigenvalue weighted by Crippen LogP contribution is 2.44. The molecule has 1 fully saturated rings. The van der Waals surface area contributed by atoms with Gasteiger partial charge in [-0.05, 0) is 43.4 Å². The van der Waals surface area contributed by atoms with Gasteiger partial charge in [0, 0.05) is 5.56 Å². The van der Waals surface area contributed by atoms with E-state index < -0.39 is 17.6 Å². The Balaban J connectivity index is 1.83. The van der Waals surface area contributed by atoms with Crippen LogP contribution in [0.5, 0.6) is 5.75 Å². The van der Waals surface area contributed by atoms with Crippen LogP contribution in [0.1, 0.15) is 49.3 Å². The van der Waals surface area contributed by atoms with Gasteiger partial charge in [-0.3, -0.25) is 19.5 Å². The quantitative estimate of drug-likeness (QED) is 0.849. The maximum atomic E-state index is 13.6. The van der Waals surface area contributed by atoms with E-state index in [0.717, 1.165) is 37.7 Å². The van der Waals surface area contributed by atoms with Crippen molar-refractivity contribution in [2.75, 3.05) is 7.11 Å². The fraction of sp³-hybridized carbons (Fsp3) is 0.348. The lowest BCUT2D eigenvalue weighted by Crippen LogP contribution is -2.53. The molecular weight excluding hydrogens is 366 g/mol. The summed E-state index contributed by atoms with van der Waals surface area (Å²) >= 11 is 0. The molecule has 2 aromatic carbocycles. The van der Waals surface area contributed by atoms with Gasteiger partial charge in [-0.25, -0.2) is 0 Å². The topological polar surface area (TPSA) is 85.0 Å². The molecule has 6 heteroatoms. The first kappa shape index (κ1) is 19.2. The van der Waals surface area contributed by atoms with Crippen molar-refractivity contribution >= 4 is 17.5 Å². The highest BCUT2D eigenvalue weighted by molar-refractivity contribution is 6.47. The highest BCUT2D eigenvalue weighted by Gasteiger charge is 2.52. The van der Waals surface area contributed by atoms with Gasteiger partial charge in [-0.15, -0.1) is 0 Å². The molecule has 6 nitrogen and oxygen atoms in total. The lowest BCUT2D eigenvalue weighted by Gasteiger charge is -2.42. The molecule has 29 heavy (non-hydrogen) atoms. The SMILES string of the molecule is COc1cccc(C(C(N)=O)N2C(=O)C(c3ccccc3)=NC23CCCCC3)c1. The van der Waals surface area contributed by atoms with Crippen LogP contribution in [0.3, 0.4) is 0 Å². The smallest absolute Gasteiger partial charge is 0.275 e. The van der Waals surface area contributed by atoms with Gasteiger partial charge >= 0.3 is 0 Å². The van der Waals surface area contributed by atoms with E-state index >= 15 is 0 Å². The normalized spacial score (nSPS) is 19.1. The summed E-state index contributed by atoms with van der Waals surface area (Å²) < 4.78 is 5.32. The van der Waals surface area contributed by atoms with Crippen molar-refractivity contribution in [2.24, 2.45) is 10.7 Å². The fourth-order valence-electron chi connectivity index (χ4n) is 4.48. The van der Waals surface area contributed by atoms with E-state index in [9.17, 15) is 9.59 Å². The Morgan fingerprint density at radius 3 is 2.48 bits per heavy atom. The number of nitrogens with two attached hydrogens (primary N) is 1. The minimum atomic E-state index is -0.902. The summed E-state index contributed by atoms with van der Waals surface area (Å²) in [7, 11) is 1.57. The van der Waals surface area contributed by atoms with E-state index in [4.69, 9.17) is 15.5 Å². The average molecular weight is 391 g/mol. The predicted octanol–water partition coefficient (Wildman–Crippen LogP) is 3.21. The van der Waals surface area contributed by atoms with Crippen molar-refractivity contribution < 1.29 is 14.3 Å². The summed E-state index contributed by atoms with van der Waals surface area (Å²) in [5, 5.41) is 0. The zero-order valence-corrected chi connectivity index (χ0v) is 16.5. The van der Waals surface area contributed by atoms with Crippen LogP contribution in [0.4, 0.5) is 0 Å². The van der Waals surface area contributed by atoms with Gasteiger partial charge in [0.1, 0.15) is 23.2 Å². The van der Waals surface area contributed by atoms with Gasteiger partial charge in [-0.1, -0.05) is 48.9 Å². The standard InChI is InChI=1S/C23H25N3O3/c1-29-18-12-8-11-17(15-18)20(21(24)27)26-22(28)19(16-9-4-2-5-10-16)25-23(26)13-6-3-7-14-23/h2,4-5,8-12,15,20H,3,6-7,13-14H2,1H3,(H2,24,27). The Morgan fingerprint density at radius 1 is 1.10 bits per heavy atom. The number of hydrogen-bond acceptors (Lipinski definition) is 4. The minimum Gasteiger partial charge on any atom is -0.497 e. The van der Waals surface area contributed by atoms with Gasteiger partial charge in [0.05, 0.1) is 7.11 Å². The van der Waals surface area contributed by atoms with E-state index in [1.54, 1.807) is 30.2 Å². The molecule has 0 aromatic heterocycles. The number of amides is 2. The maximum absolute atomic E-state index is 13.6. The second kappa shape index (κ2) is 7.70. The molecular formula is C23H25N3O3. The van der Waals surface area contributed by atoms with E-state index in [0.29, 0.717) is 17.0 Å². The lowest BCUT2D eigenvalue weighted by atomic mass is 9.86. The van der Waals surface area contributed by atoms with Crippen molar-refractivity contribution in [3.8, 4) is 5.75 Å². The molecule has 1 aliphatic carbocycles. The Labute approximate surface area is 170 Å². The van der Waals surface area contributed by atoms with E-state index in [1.807, 2.05) is 36.4 Å². The van der Waals surface area contributed by atoms with Crippen LogP contribution < -0.4 is 10.5 Å². The van der Waals surface area contributed by atoms with Crippen molar-refractivity contribution in [1.29, 1.82) is 0 Å². The first-order chi connectivity index (χ1) is 14.1. The Kier molecular flexibility index (Phi) is 5.09. The molecule has 0 bridgehead atoms. The zero-order chi connectivity index (χ0) is 20.4. The summed E-state index contributed by atoms with van der Waals surface area (Å²) in [6.07, 6.45) is 4.46. The Hall–Kier alpha value is -3.15. The number of ether oxygens (including phenoxy) is 1. The number of primary amides is 1. The largest absolute Gasteiger partial charge is 0.497 e. The Bertz CT molecular complexity index is 949. The first-order valence-electron chi connectivity index (χ1n) is 9.98. The van der Waals surface area contributed by atoms with Crippen LogP contribution in [0.25, 0.3) is 0 Å². The summed E-state index contributed by atoms with van der Waals surface area (Å²) in [5.41, 5.74) is 6.92. The van der Waals surface area contributed by atoms with Crippen molar-refractivity contribution in [3.05, 3.63) is 65.7 Å². The number of methoxy groups -OCH3 is 1. The summed E-state index contributed by atoms with van der Waals surface area (Å²) in [4.78, 5) is 32.8. The molecule has 1 unspecified atom stereocenters. The molecule has 2 aliphatic rings. The molecule has 2 N–H and O–H groups in total. The van der Waals surface area contributed by atoms with Crippen LogP contribution in [-0.4, -0.2) is 35.2 Å². The van der Waals surface area contributed by atoms with Crippen LogP contribution in [0, 0.1) is 0 Å². The average Bonchev–Trinajstić information content (AvgIpc) is 3.01. The molecule has 1 heterocycles. The molecule has 4 rings (SSSR count). The van der Waals surface area contributed by atoms with Crippen molar-refractivity contribution in [1.82, 2.24) is 4.90 Å². The second-order valence-corrected chi connectivity index (χ2v) is 7.63. The minimum absolute atomic E-state index is 0.246. The number of hydrogen-bond donors (Lipinski definition) is 1. The molecule has 0 radical (unpaired) electrons. The number of aliphatic imine (C=N–C) groups is 1. The van der Waals surface area contributed by atoms with Gasteiger partial charge in [-0.2, -0.15) is 0 Å². The molecule has 1 aliphatic heterocycles. The van der Waals surface area contributed by atoms with Gasteiger partial charge < -0.3 is 10.5 Å². The van der Waals surface area contributed by atoms with Crippen LogP contribution in [0.15, 0.2) is 59.6 Å². The Morgan fingerprint density at radius 2 is 1.83 bits per heavy atom. The number of nitrogens with zero attached hydrogens (tertiary/aromatic N) is 2. The van der Waals surface area contributed by atoms with Gasteiger partial charge in [0.25, 0.3) is 5.91 Å². The number of carbonyl (C=O) groups is 2. The summed E-state index contributed by atoms with van der Waals surface area (Å²) in [6.45, 7) is 0. The van der Waals surface area contributed by atoms with Crippen molar-refractivity contribution in [2.45, 2.75) is 43.8 Å². The number of rotatable bonds is 5. The fourth-order valence-corrected chi connectivity index (χ4v) is 4.48. The molecule has 1 saturated carbocycles. The van der Waals surface area contributed by atoms with Gasteiger partial charge in [0.15, 0.2) is 0 Å². The molecule has 2 amide bonds. The van der Waals surface area contributed by atoms with E-state index in [2.05, 4.69) is 0 Å². The third kappa shape index (κ3) is 3.39. The molecule has 2 aromatic rings. The molecule has 150 valence electrons. The van der Waals surface area contributed by atoms with Crippen LogP contribution in [-0.2, 0) is 9.59 Å². The van der Waals surface area contributed by atoms with E-state index in [1.165, 1.54) is 0 Å². The highest BCUT2D eigenvalue weighted by atomic mass is 16.5. The van der Waals surface area contributed by atoms with Crippen LogP contribution >= 0.6 is 0 Å². The summed E-state index contributed by atoms with van der Waals surface area (Å²) in [6, 6.07) is 15.7. The first-order valence-corrected chi connectivity index (χ1v) is 9.98. The number of benzene rings is 2. The third-order valence-electron chi connectivity index (χ3n) is 5.83.